The fourth-order valence-electron chi connectivity index (χ4n) is 2.69. The molecule has 0 aliphatic carbocycles. The van der Waals surface area contributed by atoms with Crippen LogP contribution in [-0.4, -0.2) is 21.0 Å². The molecule has 0 aliphatic heterocycles. The van der Waals surface area contributed by atoms with Crippen molar-refractivity contribution in [2.75, 3.05) is 0 Å². The minimum atomic E-state index is -0.647. The van der Waals surface area contributed by atoms with Crippen LogP contribution < -0.4 is 0 Å². The summed E-state index contributed by atoms with van der Waals surface area (Å²) in [6.45, 7) is 5.29. The molecular formula is C17H18N2O4S. The largest absolute Gasteiger partial charge is 0.454 e. The Kier molecular flexibility index (Phi) is 4.55. The normalized spacial score (nSPS) is 12.3. The van der Waals surface area contributed by atoms with Gasteiger partial charge in [0.1, 0.15) is 24.3 Å². The number of nitrogens with one attached hydrogen (secondary N) is 1. The van der Waals surface area contributed by atoms with Crippen LogP contribution in [0, 0.1) is 13.8 Å². The number of nitrogens with zero attached hydrogens (tertiary/aromatic N) is 1. The van der Waals surface area contributed by atoms with E-state index in [0.717, 1.165) is 16.1 Å². The van der Waals surface area contributed by atoms with Crippen LogP contribution in [0.5, 0.6) is 0 Å². The van der Waals surface area contributed by atoms with Gasteiger partial charge in [0.15, 0.2) is 0 Å². The van der Waals surface area contributed by atoms with Gasteiger partial charge in [-0.15, -0.1) is 11.3 Å². The summed E-state index contributed by atoms with van der Waals surface area (Å²) in [6.07, 6.45) is 0.836. The Morgan fingerprint density at radius 2 is 2.29 bits per heavy atom. The molecule has 3 heterocycles. The number of H-pyrrole nitrogens is 1. The number of thiophene rings is 1. The fourth-order valence-corrected chi connectivity index (χ4v) is 3.35. The van der Waals surface area contributed by atoms with Crippen LogP contribution in [0.25, 0.3) is 10.8 Å². The van der Waals surface area contributed by atoms with E-state index in [1.807, 2.05) is 24.4 Å². The van der Waals surface area contributed by atoms with Gasteiger partial charge in [0.25, 0.3) is 0 Å². The highest BCUT2D eigenvalue weighted by atomic mass is 32.1. The maximum Gasteiger partial charge on any atom is 0.355 e. The van der Waals surface area contributed by atoms with E-state index in [1.54, 1.807) is 13.8 Å². The standard InChI is InChI=1S/C17H18N2O4S/c1-9-14(11(3)20)10(2)18-15(9)17(21)23-8-12-7-22-16(19-12)13-5-4-6-24-13/h4-7,11,18,20H,8H2,1-3H3/t11-/m1/s1. The third kappa shape index (κ3) is 3.13. The van der Waals surface area contributed by atoms with Crippen molar-refractivity contribution in [1.82, 2.24) is 9.97 Å². The van der Waals surface area contributed by atoms with Crippen molar-refractivity contribution in [3.8, 4) is 10.8 Å². The molecule has 0 radical (unpaired) electrons. The number of hydrogen-bond donors (Lipinski definition) is 2. The highest BCUT2D eigenvalue weighted by Crippen LogP contribution is 2.26. The summed E-state index contributed by atoms with van der Waals surface area (Å²) in [5.74, 6) is 0.0301. The lowest BCUT2D eigenvalue weighted by Crippen LogP contribution is -2.08. The molecule has 6 nitrogen and oxygen atoms in total. The maximum atomic E-state index is 12.3. The van der Waals surface area contributed by atoms with Gasteiger partial charge in [-0.1, -0.05) is 6.07 Å². The Morgan fingerprint density at radius 3 is 2.92 bits per heavy atom. The number of aromatic nitrogens is 2. The Bertz CT molecular complexity index is 846. The van der Waals surface area contributed by atoms with Crippen molar-refractivity contribution >= 4 is 17.3 Å². The van der Waals surface area contributed by atoms with Crippen LogP contribution in [0.3, 0.4) is 0 Å². The Balaban J connectivity index is 1.69. The van der Waals surface area contributed by atoms with E-state index in [1.165, 1.54) is 17.6 Å². The predicted molar refractivity (Wildman–Crippen MR) is 89.8 cm³/mol. The van der Waals surface area contributed by atoms with Crippen molar-refractivity contribution in [3.63, 3.8) is 0 Å². The fraction of sp³-hybridized carbons (Fsp3) is 0.294. The highest BCUT2D eigenvalue weighted by Gasteiger charge is 2.21. The number of esters is 1. The monoisotopic (exact) mass is 346 g/mol. The lowest BCUT2D eigenvalue weighted by Gasteiger charge is -2.05. The maximum absolute atomic E-state index is 12.3. The van der Waals surface area contributed by atoms with Crippen molar-refractivity contribution in [2.24, 2.45) is 0 Å². The first-order chi connectivity index (χ1) is 11.5. The Morgan fingerprint density at radius 1 is 1.50 bits per heavy atom. The summed E-state index contributed by atoms with van der Waals surface area (Å²) in [5.41, 5.74) is 3.08. The van der Waals surface area contributed by atoms with E-state index < -0.39 is 12.1 Å². The van der Waals surface area contributed by atoms with Crippen molar-refractivity contribution in [2.45, 2.75) is 33.5 Å². The number of carbonyl (C=O) groups excluding carboxylic acids is 1. The van der Waals surface area contributed by atoms with Crippen LogP contribution in [-0.2, 0) is 11.3 Å². The number of rotatable bonds is 5. The minimum Gasteiger partial charge on any atom is -0.454 e. The molecule has 0 aliphatic rings. The number of aliphatic hydroxyl groups excluding tert-OH is 1. The van der Waals surface area contributed by atoms with Crippen LogP contribution in [0.4, 0.5) is 0 Å². The average Bonchev–Trinajstić information content (AvgIpc) is 3.24. The topological polar surface area (TPSA) is 88.4 Å². The van der Waals surface area contributed by atoms with Gasteiger partial charge in [0.05, 0.1) is 11.0 Å². The van der Waals surface area contributed by atoms with Crippen molar-refractivity contribution in [3.05, 3.63) is 52.0 Å². The molecule has 24 heavy (non-hydrogen) atoms. The van der Waals surface area contributed by atoms with Gasteiger partial charge in [-0.2, -0.15) is 0 Å². The van der Waals surface area contributed by atoms with Gasteiger partial charge in [0.2, 0.25) is 5.89 Å². The van der Waals surface area contributed by atoms with Gasteiger partial charge in [0, 0.05) is 11.3 Å². The molecule has 0 saturated heterocycles. The SMILES string of the molecule is Cc1[nH]c(C(=O)OCc2coc(-c3cccs3)n2)c(C)c1[C@@H](C)O. The number of oxazole rings is 1. The number of aryl methyl sites for hydroxylation is 1. The molecule has 0 aromatic carbocycles. The van der Waals surface area contributed by atoms with Crippen molar-refractivity contribution in [1.29, 1.82) is 0 Å². The van der Waals surface area contributed by atoms with E-state index >= 15 is 0 Å². The van der Waals surface area contributed by atoms with E-state index in [-0.39, 0.29) is 6.61 Å². The third-order valence-corrected chi connectivity index (χ3v) is 4.61. The van der Waals surface area contributed by atoms with E-state index in [0.29, 0.717) is 22.8 Å². The molecule has 7 heteroatoms. The second-order valence-corrected chi connectivity index (χ2v) is 6.48. The van der Waals surface area contributed by atoms with E-state index in [2.05, 4.69) is 9.97 Å². The molecule has 0 bridgehead atoms. The number of carbonyl (C=O) groups is 1. The van der Waals surface area contributed by atoms with Crippen molar-refractivity contribution < 1.29 is 19.1 Å². The molecule has 3 aromatic heterocycles. The van der Waals surface area contributed by atoms with Gasteiger partial charge in [-0.25, -0.2) is 9.78 Å². The van der Waals surface area contributed by atoms with E-state index in [4.69, 9.17) is 9.15 Å². The second-order valence-electron chi connectivity index (χ2n) is 5.54. The third-order valence-electron chi connectivity index (χ3n) is 3.75. The zero-order valence-electron chi connectivity index (χ0n) is 13.6. The van der Waals surface area contributed by atoms with Gasteiger partial charge in [-0.05, 0) is 37.8 Å². The molecule has 0 fully saturated rings. The quantitative estimate of drug-likeness (QED) is 0.687. The summed E-state index contributed by atoms with van der Waals surface area (Å²) in [5, 5.41) is 11.7. The summed E-state index contributed by atoms with van der Waals surface area (Å²) < 4.78 is 10.7. The first kappa shape index (κ1) is 16.5. The second kappa shape index (κ2) is 6.62. The first-order valence-corrected chi connectivity index (χ1v) is 8.38. The smallest absolute Gasteiger partial charge is 0.355 e. The molecular weight excluding hydrogens is 328 g/mol. The predicted octanol–water partition coefficient (Wildman–Crippen LogP) is 3.76. The van der Waals surface area contributed by atoms with Gasteiger partial charge in [-0.3, -0.25) is 0 Å². The zero-order chi connectivity index (χ0) is 17.3. The van der Waals surface area contributed by atoms with Crippen LogP contribution in [0.1, 0.15) is 46.0 Å². The number of aliphatic hydroxyl groups is 1. The van der Waals surface area contributed by atoms with Crippen LogP contribution in [0.15, 0.2) is 28.2 Å². The van der Waals surface area contributed by atoms with Gasteiger partial charge >= 0.3 is 5.97 Å². The number of ether oxygens (including phenoxy) is 1. The van der Waals surface area contributed by atoms with Gasteiger partial charge < -0.3 is 19.2 Å². The number of aromatic amines is 1. The molecule has 126 valence electrons. The molecule has 0 spiro atoms. The lowest BCUT2D eigenvalue weighted by molar-refractivity contribution is 0.0460. The summed E-state index contributed by atoms with van der Waals surface area (Å²) in [4.78, 5) is 20.5. The summed E-state index contributed by atoms with van der Waals surface area (Å²) in [6, 6.07) is 3.83. The molecule has 0 amide bonds. The van der Waals surface area contributed by atoms with E-state index in [9.17, 15) is 9.90 Å². The first-order valence-electron chi connectivity index (χ1n) is 7.50. The summed E-state index contributed by atoms with van der Waals surface area (Å²) in [7, 11) is 0. The highest BCUT2D eigenvalue weighted by molar-refractivity contribution is 7.13. The molecule has 2 N–H and O–H groups in total. The Hall–Kier alpha value is -2.38. The molecule has 3 aromatic rings. The molecule has 0 unspecified atom stereocenters. The van der Waals surface area contributed by atoms with Crippen LogP contribution in [0.2, 0.25) is 0 Å². The van der Waals surface area contributed by atoms with Crippen LogP contribution >= 0.6 is 11.3 Å². The summed E-state index contributed by atoms with van der Waals surface area (Å²) >= 11 is 1.53. The minimum absolute atomic E-state index is 0.0230. The zero-order valence-corrected chi connectivity index (χ0v) is 14.4. The average molecular weight is 346 g/mol. The molecule has 0 saturated carbocycles. The molecule has 1 atom stereocenters. The molecule has 3 rings (SSSR count). The Labute approximate surface area is 143 Å². The number of hydrogen-bond acceptors (Lipinski definition) is 6. The lowest BCUT2D eigenvalue weighted by atomic mass is 10.1.